The number of phenols is 1. The van der Waals surface area contributed by atoms with Crippen molar-refractivity contribution in [3.8, 4) is 5.75 Å². The van der Waals surface area contributed by atoms with Crippen LogP contribution in [-0.2, 0) is 0 Å². The van der Waals surface area contributed by atoms with Crippen molar-refractivity contribution in [2.75, 3.05) is 12.4 Å². The van der Waals surface area contributed by atoms with Gasteiger partial charge in [-0.1, -0.05) is 24.8 Å². The highest BCUT2D eigenvalue weighted by molar-refractivity contribution is 5.91. The number of aromatic carboxylic acids is 1. The molecule has 1 aromatic rings. The van der Waals surface area contributed by atoms with E-state index in [4.69, 9.17) is 5.11 Å². The lowest BCUT2D eigenvalue weighted by molar-refractivity contribution is 0.0694. The standard InChI is InChI=1S/C8H9NO3.C5H8/c1-9-5-2-3-6(8(11)12)7(10)4-5;1-4-5(2)3/h2-4,9-10H,1H3,(H,11,12);4H,1-2H2,3H3. The van der Waals surface area contributed by atoms with Crippen molar-refractivity contribution < 1.29 is 15.0 Å². The number of hydrogen-bond acceptors (Lipinski definition) is 3. The molecule has 1 rings (SSSR count). The lowest BCUT2D eigenvalue weighted by atomic mass is 10.2. The normalized spacial score (nSPS) is 8.59. The Labute approximate surface area is 101 Å². The smallest absolute Gasteiger partial charge is 0.339 e. The Morgan fingerprint density at radius 3 is 2.29 bits per heavy atom. The number of nitrogens with one attached hydrogen (secondary N) is 1. The highest BCUT2D eigenvalue weighted by Gasteiger charge is 2.08. The quantitative estimate of drug-likeness (QED) is 0.704. The number of aromatic hydroxyl groups is 1. The summed E-state index contributed by atoms with van der Waals surface area (Å²) in [6, 6.07) is 4.30. The number of hydrogen-bond donors (Lipinski definition) is 3. The number of carboxylic acid groups (broad SMARTS) is 1. The van der Waals surface area contributed by atoms with Crippen LogP contribution in [0.25, 0.3) is 0 Å². The van der Waals surface area contributed by atoms with Crippen molar-refractivity contribution in [1.82, 2.24) is 0 Å². The molecule has 92 valence electrons. The average Bonchev–Trinajstić information content (AvgIpc) is 2.29. The number of anilines is 1. The molecule has 0 aromatic heterocycles. The monoisotopic (exact) mass is 235 g/mol. The molecular weight excluding hydrogens is 218 g/mol. The van der Waals surface area contributed by atoms with Crippen LogP contribution >= 0.6 is 0 Å². The Hall–Kier alpha value is -2.23. The average molecular weight is 235 g/mol. The van der Waals surface area contributed by atoms with Crippen molar-refractivity contribution in [2.45, 2.75) is 6.92 Å². The van der Waals surface area contributed by atoms with Crippen LogP contribution in [-0.4, -0.2) is 23.2 Å². The molecule has 4 nitrogen and oxygen atoms in total. The summed E-state index contributed by atoms with van der Waals surface area (Å²) in [6.07, 6.45) is 1.72. The van der Waals surface area contributed by atoms with Crippen LogP contribution < -0.4 is 5.32 Å². The van der Waals surface area contributed by atoms with Gasteiger partial charge in [-0.05, 0) is 19.1 Å². The Morgan fingerprint density at radius 1 is 1.47 bits per heavy atom. The van der Waals surface area contributed by atoms with Gasteiger partial charge < -0.3 is 15.5 Å². The summed E-state index contributed by atoms with van der Waals surface area (Å²) in [6.45, 7) is 8.93. The van der Waals surface area contributed by atoms with E-state index in [2.05, 4.69) is 18.5 Å². The number of rotatable bonds is 3. The maximum atomic E-state index is 10.4. The zero-order chi connectivity index (χ0) is 13.4. The second-order valence-corrected chi connectivity index (χ2v) is 3.34. The van der Waals surface area contributed by atoms with Crippen LogP contribution in [0.5, 0.6) is 5.75 Å². The summed E-state index contributed by atoms with van der Waals surface area (Å²) in [4.78, 5) is 10.4. The third-order valence-electron chi connectivity index (χ3n) is 1.87. The molecule has 0 atom stereocenters. The first-order valence-corrected chi connectivity index (χ1v) is 4.94. The van der Waals surface area contributed by atoms with E-state index in [0.717, 1.165) is 5.57 Å². The van der Waals surface area contributed by atoms with Crippen LogP contribution in [0.3, 0.4) is 0 Å². The molecule has 3 N–H and O–H groups in total. The van der Waals surface area contributed by atoms with Gasteiger partial charge in [-0.2, -0.15) is 0 Å². The molecule has 0 radical (unpaired) electrons. The van der Waals surface area contributed by atoms with Gasteiger partial charge in [0.25, 0.3) is 0 Å². The molecule has 0 aliphatic carbocycles. The molecule has 0 aliphatic heterocycles. The van der Waals surface area contributed by atoms with Gasteiger partial charge in [0.05, 0.1) is 0 Å². The molecule has 0 saturated carbocycles. The fourth-order valence-corrected chi connectivity index (χ4v) is 0.868. The summed E-state index contributed by atoms with van der Waals surface area (Å²) >= 11 is 0. The van der Waals surface area contributed by atoms with E-state index in [1.807, 2.05) is 6.92 Å². The molecule has 4 heteroatoms. The molecule has 0 saturated heterocycles. The topological polar surface area (TPSA) is 69.6 Å². The first-order chi connectivity index (χ1) is 7.92. The lowest BCUT2D eigenvalue weighted by Crippen LogP contribution is -1.97. The minimum atomic E-state index is -1.13. The van der Waals surface area contributed by atoms with Gasteiger partial charge >= 0.3 is 5.97 Å². The zero-order valence-electron chi connectivity index (χ0n) is 10.0. The first-order valence-electron chi connectivity index (χ1n) is 4.94. The second kappa shape index (κ2) is 7.11. The molecule has 0 amide bonds. The minimum absolute atomic E-state index is 0.0889. The highest BCUT2D eigenvalue weighted by atomic mass is 16.4. The SMILES string of the molecule is C=CC(=C)C.CNc1ccc(C(=O)O)c(O)c1. The van der Waals surface area contributed by atoms with Gasteiger partial charge in [-0.3, -0.25) is 0 Å². The Bertz CT molecular complexity index is 425. The van der Waals surface area contributed by atoms with E-state index >= 15 is 0 Å². The molecule has 0 heterocycles. The van der Waals surface area contributed by atoms with E-state index in [1.165, 1.54) is 12.1 Å². The first kappa shape index (κ1) is 14.8. The van der Waals surface area contributed by atoms with Gasteiger partial charge in [-0.25, -0.2) is 4.79 Å². The molecule has 0 unspecified atom stereocenters. The number of carboxylic acids is 1. The maximum Gasteiger partial charge on any atom is 0.339 e. The van der Waals surface area contributed by atoms with Crippen LogP contribution in [0.4, 0.5) is 5.69 Å². The van der Waals surface area contributed by atoms with Crippen molar-refractivity contribution in [3.05, 3.63) is 48.6 Å². The fraction of sp³-hybridized carbons (Fsp3) is 0.154. The summed E-state index contributed by atoms with van der Waals surface area (Å²) in [7, 11) is 1.69. The molecule has 17 heavy (non-hydrogen) atoms. The van der Waals surface area contributed by atoms with E-state index in [0.29, 0.717) is 5.69 Å². The van der Waals surface area contributed by atoms with Crippen molar-refractivity contribution in [3.63, 3.8) is 0 Å². The predicted molar refractivity (Wildman–Crippen MR) is 69.6 cm³/mol. The summed E-state index contributed by atoms with van der Waals surface area (Å²) in [5.41, 5.74) is 1.61. The Balaban J connectivity index is 0.000000437. The zero-order valence-corrected chi connectivity index (χ0v) is 10.0. The molecule has 0 bridgehead atoms. The van der Waals surface area contributed by atoms with Crippen molar-refractivity contribution >= 4 is 11.7 Å². The maximum absolute atomic E-state index is 10.4. The highest BCUT2D eigenvalue weighted by Crippen LogP contribution is 2.21. The van der Waals surface area contributed by atoms with Crippen LogP contribution in [0.1, 0.15) is 17.3 Å². The molecule has 0 fully saturated rings. The van der Waals surface area contributed by atoms with Gasteiger partial charge in [0.2, 0.25) is 0 Å². The lowest BCUT2D eigenvalue weighted by Gasteiger charge is -2.02. The molecular formula is C13H17NO3. The molecule has 1 aromatic carbocycles. The minimum Gasteiger partial charge on any atom is -0.507 e. The summed E-state index contributed by atoms with van der Waals surface area (Å²) < 4.78 is 0. The predicted octanol–water partition coefficient (Wildman–Crippen LogP) is 2.88. The van der Waals surface area contributed by atoms with Gasteiger partial charge in [0, 0.05) is 18.8 Å². The third-order valence-corrected chi connectivity index (χ3v) is 1.87. The molecule has 0 aliphatic rings. The number of carbonyl (C=O) groups is 1. The van der Waals surface area contributed by atoms with Crippen LogP contribution in [0.2, 0.25) is 0 Å². The second-order valence-electron chi connectivity index (χ2n) is 3.34. The van der Waals surface area contributed by atoms with Crippen molar-refractivity contribution in [1.29, 1.82) is 0 Å². The third kappa shape index (κ3) is 5.41. The largest absolute Gasteiger partial charge is 0.507 e. The van der Waals surface area contributed by atoms with Crippen molar-refractivity contribution in [2.24, 2.45) is 0 Å². The molecule has 0 spiro atoms. The van der Waals surface area contributed by atoms with Gasteiger partial charge in [-0.15, -0.1) is 0 Å². The van der Waals surface area contributed by atoms with Crippen LogP contribution in [0, 0.1) is 0 Å². The Kier molecular flexibility index (Phi) is 6.18. The van der Waals surface area contributed by atoms with E-state index < -0.39 is 5.97 Å². The number of allylic oxidation sites excluding steroid dienone is 2. The van der Waals surface area contributed by atoms with E-state index in [9.17, 15) is 9.90 Å². The Morgan fingerprint density at radius 2 is 2.00 bits per heavy atom. The van der Waals surface area contributed by atoms with Gasteiger partial charge in [0.1, 0.15) is 11.3 Å². The fourth-order valence-electron chi connectivity index (χ4n) is 0.868. The van der Waals surface area contributed by atoms with E-state index in [1.54, 1.807) is 19.2 Å². The van der Waals surface area contributed by atoms with E-state index in [-0.39, 0.29) is 11.3 Å². The summed E-state index contributed by atoms with van der Waals surface area (Å²) in [5.74, 6) is -1.36. The van der Waals surface area contributed by atoms with Gasteiger partial charge in [0.15, 0.2) is 0 Å². The van der Waals surface area contributed by atoms with Crippen LogP contribution in [0.15, 0.2) is 43.0 Å². The number of benzene rings is 1. The summed E-state index contributed by atoms with van der Waals surface area (Å²) in [5, 5.41) is 20.5.